The van der Waals surface area contributed by atoms with Crippen molar-refractivity contribution in [2.24, 2.45) is 0 Å². The van der Waals surface area contributed by atoms with Gasteiger partial charge in [-0.3, -0.25) is 9.59 Å². The fraction of sp³-hybridized carbons (Fsp3) is 0.517. The first-order valence-corrected chi connectivity index (χ1v) is 15.5. The Morgan fingerprint density at radius 1 is 1.07 bits per heavy atom. The second-order valence-corrected chi connectivity index (χ2v) is 13.0. The Kier molecular flexibility index (Phi) is 9.48. The number of sulfone groups is 1. The average Bonchev–Trinajstić information content (AvgIpc) is 3.63. The normalized spacial score (nSPS) is 22.0. The van der Waals surface area contributed by atoms with E-state index < -0.39 is 39.3 Å². The van der Waals surface area contributed by atoms with Crippen molar-refractivity contribution in [3.05, 3.63) is 65.5 Å². The molecule has 1 saturated heterocycles. The number of likely N-dealkylation sites (N-methyl/N-ethyl adjacent to an activating group) is 1. The number of methoxy groups -OCH3 is 1. The number of hydrogen-bond donors (Lipinski definition) is 2. The van der Waals surface area contributed by atoms with Crippen LogP contribution in [0, 0.1) is 5.82 Å². The average molecular weight is 575 g/mol. The van der Waals surface area contributed by atoms with Crippen LogP contribution in [0.15, 0.2) is 48.5 Å². The van der Waals surface area contributed by atoms with Crippen molar-refractivity contribution in [3.63, 3.8) is 0 Å². The van der Waals surface area contributed by atoms with Gasteiger partial charge < -0.3 is 25.2 Å². The molecule has 218 valence electrons. The van der Waals surface area contributed by atoms with Gasteiger partial charge in [0.2, 0.25) is 5.91 Å². The van der Waals surface area contributed by atoms with Crippen molar-refractivity contribution in [2.45, 2.75) is 37.8 Å². The maximum atomic E-state index is 13.4. The van der Waals surface area contributed by atoms with Crippen molar-refractivity contribution in [1.82, 2.24) is 20.4 Å². The highest BCUT2D eigenvalue weighted by molar-refractivity contribution is 7.91. The van der Waals surface area contributed by atoms with E-state index in [9.17, 15) is 22.4 Å². The van der Waals surface area contributed by atoms with Crippen LogP contribution in [0.3, 0.4) is 0 Å². The van der Waals surface area contributed by atoms with Gasteiger partial charge in [-0.25, -0.2) is 12.8 Å². The molecule has 9 nitrogen and oxygen atoms in total. The minimum absolute atomic E-state index is 0.153. The molecule has 1 saturated carbocycles. The predicted octanol–water partition coefficient (Wildman–Crippen LogP) is 2.05. The van der Waals surface area contributed by atoms with Gasteiger partial charge in [-0.15, -0.1) is 0 Å². The third kappa shape index (κ3) is 7.58. The maximum absolute atomic E-state index is 13.4. The molecule has 2 N–H and O–H groups in total. The molecule has 2 amide bonds. The fourth-order valence-corrected chi connectivity index (χ4v) is 6.55. The Labute approximate surface area is 236 Å². The highest BCUT2D eigenvalue weighted by atomic mass is 32.2. The molecule has 11 heteroatoms. The lowest BCUT2D eigenvalue weighted by molar-refractivity contribution is -0.134. The Hall–Kier alpha value is -3.02. The zero-order valence-electron chi connectivity index (χ0n) is 23.4. The molecular formula is C29H39FN4O5S. The molecule has 2 aliphatic rings. The smallest absolute Gasteiger partial charge is 0.251 e. The Morgan fingerprint density at radius 3 is 2.33 bits per heavy atom. The van der Waals surface area contributed by atoms with Crippen LogP contribution in [0.2, 0.25) is 0 Å². The Morgan fingerprint density at radius 2 is 1.73 bits per heavy atom. The maximum Gasteiger partial charge on any atom is 0.251 e. The first-order chi connectivity index (χ1) is 19.0. The molecule has 3 atom stereocenters. The highest BCUT2D eigenvalue weighted by Gasteiger charge is 2.50. The molecule has 1 heterocycles. The van der Waals surface area contributed by atoms with E-state index >= 15 is 0 Å². The quantitative estimate of drug-likeness (QED) is 0.400. The summed E-state index contributed by atoms with van der Waals surface area (Å²) in [4.78, 5) is 30.1. The number of rotatable bonds is 12. The van der Waals surface area contributed by atoms with E-state index in [0.717, 1.165) is 36.4 Å². The molecule has 1 aliphatic heterocycles. The Balaban J connectivity index is 1.38. The lowest BCUT2D eigenvalue weighted by atomic mass is 10.1. The third-order valence-corrected chi connectivity index (χ3v) is 9.63. The van der Waals surface area contributed by atoms with Crippen molar-refractivity contribution < 1.29 is 27.1 Å². The number of nitrogens with one attached hydrogen (secondary N) is 2. The van der Waals surface area contributed by atoms with Crippen molar-refractivity contribution >= 4 is 21.7 Å². The summed E-state index contributed by atoms with van der Waals surface area (Å²) in [6.07, 6.45) is 0.887. The van der Waals surface area contributed by atoms with Crippen LogP contribution in [0.5, 0.6) is 5.75 Å². The lowest BCUT2D eigenvalue weighted by Gasteiger charge is -2.36. The van der Waals surface area contributed by atoms with Crippen molar-refractivity contribution in [3.8, 4) is 5.75 Å². The molecule has 40 heavy (non-hydrogen) atoms. The second-order valence-electron chi connectivity index (χ2n) is 10.8. The van der Waals surface area contributed by atoms with E-state index in [0.29, 0.717) is 26.2 Å². The number of halogens is 1. The van der Waals surface area contributed by atoms with Gasteiger partial charge in [0.25, 0.3) is 5.91 Å². The second kappa shape index (κ2) is 12.7. The first-order valence-electron chi connectivity index (χ1n) is 13.7. The number of piperazine rings is 1. The van der Waals surface area contributed by atoms with Gasteiger partial charge in [0.05, 0.1) is 18.6 Å². The zero-order valence-corrected chi connectivity index (χ0v) is 24.2. The van der Waals surface area contributed by atoms with E-state index in [1.807, 2.05) is 31.2 Å². The zero-order chi connectivity index (χ0) is 28.9. The summed E-state index contributed by atoms with van der Waals surface area (Å²) in [5.74, 6) is -1.15. The van der Waals surface area contributed by atoms with E-state index in [-0.39, 0.29) is 29.3 Å². The SMILES string of the molecule is CCN1CCN(C(=O)[C@@H](CS(=O)(=O)CCN[C@]2(C)C[C@H]2c2ccc(OC)cc2)NC(=O)c2ccc(F)cc2)CC1. The molecule has 0 radical (unpaired) electrons. The van der Waals surface area contributed by atoms with Crippen LogP contribution in [-0.4, -0.2) is 99.5 Å². The third-order valence-electron chi connectivity index (χ3n) is 7.96. The summed E-state index contributed by atoms with van der Waals surface area (Å²) in [5, 5.41) is 5.99. The van der Waals surface area contributed by atoms with Crippen LogP contribution in [-0.2, 0) is 14.6 Å². The van der Waals surface area contributed by atoms with Crippen molar-refractivity contribution in [1.29, 1.82) is 0 Å². The van der Waals surface area contributed by atoms with Crippen LogP contribution in [0.25, 0.3) is 0 Å². The highest BCUT2D eigenvalue weighted by Crippen LogP contribution is 2.51. The summed E-state index contributed by atoms with van der Waals surface area (Å²) >= 11 is 0. The van der Waals surface area contributed by atoms with Crippen LogP contribution in [0.1, 0.15) is 42.1 Å². The predicted molar refractivity (Wildman–Crippen MR) is 152 cm³/mol. The molecule has 2 aromatic rings. The molecule has 1 aliphatic carbocycles. The van der Waals surface area contributed by atoms with E-state index in [1.54, 1.807) is 12.0 Å². The largest absolute Gasteiger partial charge is 0.497 e. The summed E-state index contributed by atoms with van der Waals surface area (Å²) in [5.41, 5.74) is 1.10. The first kappa shape index (κ1) is 30.0. The summed E-state index contributed by atoms with van der Waals surface area (Å²) < 4.78 is 44.9. The summed E-state index contributed by atoms with van der Waals surface area (Å²) in [7, 11) is -2.09. The topological polar surface area (TPSA) is 108 Å². The van der Waals surface area contributed by atoms with E-state index in [2.05, 4.69) is 22.5 Å². The van der Waals surface area contributed by atoms with E-state index in [4.69, 9.17) is 4.74 Å². The molecule has 2 fully saturated rings. The van der Waals surface area contributed by atoms with Gasteiger partial charge in [-0.1, -0.05) is 19.1 Å². The van der Waals surface area contributed by atoms with Gasteiger partial charge in [0.15, 0.2) is 9.84 Å². The summed E-state index contributed by atoms with van der Waals surface area (Å²) in [6.45, 7) is 7.51. The Bertz CT molecular complexity index is 1280. The fourth-order valence-electron chi connectivity index (χ4n) is 5.23. The van der Waals surface area contributed by atoms with E-state index in [1.165, 1.54) is 12.1 Å². The van der Waals surface area contributed by atoms with Crippen molar-refractivity contribution in [2.75, 3.05) is 57.9 Å². The minimum atomic E-state index is -3.71. The minimum Gasteiger partial charge on any atom is -0.497 e. The number of hydrogen-bond acceptors (Lipinski definition) is 7. The number of carbonyl (C=O) groups excluding carboxylic acids is 2. The monoisotopic (exact) mass is 574 g/mol. The molecule has 0 bridgehead atoms. The van der Waals surface area contributed by atoms with Gasteiger partial charge in [-0.05, 0) is 61.9 Å². The molecule has 0 aromatic heterocycles. The number of carbonyl (C=O) groups is 2. The number of nitrogens with zero attached hydrogens (tertiary/aromatic N) is 2. The molecular weight excluding hydrogens is 535 g/mol. The standard InChI is InChI=1S/C29H39FN4O5S/c1-4-33-14-16-34(17-15-33)28(36)26(32-27(35)22-5-9-23(30)10-6-22)20-40(37,38)18-13-31-29(2)19-25(29)21-7-11-24(39-3)12-8-21/h5-12,25-26,31H,4,13-20H2,1-3H3,(H,32,35)/t25-,26+,29+/m0/s1. The number of ether oxygens (including phenoxy) is 1. The van der Waals surface area contributed by atoms with Gasteiger partial charge in [-0.2, -0.15) is 0 Å². The molecule has 4 rings (SSSR count). The number of benzene rings is 2. The van der Waals surface area contributed by atoms with Gasteiger partial charge >= 0.3 is 0 Å². The molecule has 2 aromatic carbocycles. The summed E-state index contributed by atoms with van der Waals surface area (Å²) in [6, 6.07) is 11.5. The van der Waals surface area contributed by atoms with Gasteiger partial charge in [0, 0.05) is 49.7 Å². The van der Waals surface area contributed by atoms with Crippen LogP contribution < -0.4 is 15.4 Å². The van der Waals surface area contributed by atoms with Gasteiger partial charge in [0.1, 0.15) is 17.6 Å². The molecule has 0 spiro atoms. The van der Waals surface area contributed by atoms with Crippen LogP contribution in [0.4, 0.5) is 4.39 Å². The molecule has 0 unspecified atom stereocenters. The van der Waals surface area contributed by atoms with Crippen LogP contribution >= 0.6 is 0 Å². The number of amides is 2. The lowest BCUT2D eigenvalue weighted by Crippen LogP contribution is -2.56.